The van der Waals surface area contributed by atoms with Crippen LogP contribution in [0.5, 0.6) is 5.75 Å². The summed E-state index contributed by atoms with van der Waals surface area (Å²) >= 11 is 0. The molecule has 6 heteroatoms. The first kappa shape index (κ1) is 14.1. The highest BCUT2D eigenvalue weighted by atomic mass is 19.4. The molecule has 1 aromatic carbocycles. The molecule has 0 amide bonds. The fourth-order valence-electron chi connectivity index (χ4n) is 2.08. The molecule has 0 heterocycles. The van der Waals surface area contributed by atoms with E-state index in [2.05, 4.69) is 5.32 Å². The largest absolute Gasteiger partial charge is 0.494 e. The van der Waals surface area contributed by atoms with Gasteiger partial charge in [0.15, 0.2) is 11.6 Å². The molecule has 106 valence electrons. The molecule has 19 heavy (non-hydrogen) atoms. The lowest BCUT2D eigenvalue weighted by molar-refractivity contribution is -0.167. The second-order valence-electron chi connectivity index (χ2n) is 4.84. The van der Waals surface area contributed by atoms with Gasteiger partial charge in [-0.3, -0.25) is 5.32 Å². The Hall–Kier alpha value is -1.30. The monoisotopic (exact) mass is 277 g/mol. The first-order chi connectivity index (χ1) is 8.79. The van der Waals surface area contributed by atoms with Gasteiger partial charge in [0.1, 0.15) is 5.54 Å². The molecule has 1 aliphatic carbocycles. The smallest absolute Gasteiger partial charge is 0.406 e. The van der Waals surface area contributed by atoms with Crippen molar-refractivity contribution >= 4 is 0 Å². The van der Waals surface area contributed by atoms with E-state index in [1.54, 1.807) is 6.92 Å². The molecule has 1 N–H and O–H groups in total. The maximum absolute atomic E-state index is 13.2. The van der Waals surface area contributed by atoms with Gasteiger partial charge in [-0.2, -0.15) is 13.2 Å². The lowest BCUT2D eigenvalue weighted by Gasteiger charge is -2.25. The minimum atomic E-state index is -4.26. The van der Waals surface area contributed by atoms with Crippen LogP contribution < -0.4 is 10.1 Å². The SMILES string of the molecule is COc1cc(C(C)NC2(C(F)(F)F)CC2)ccc1F. The molecule has 0 bridgehead atoms. The van der Waals surface area contributed by atoms with Gasteiger partial charge < -0.3 is 4.74 Å². The number of halogens is 4. The summed E-state index contributed by atoms with van der Waals surface area (Å²) in [6.45, 7) is 1.62. The van der Waals surface area contributed by atoms with Crippen LogP contribution >= 0.6 is 0 Å². The van der Waals surface area contributed by atoms with Crippen molar-refractivity contribution in [1.82, 2.24) is 5.32 Å². The van der Waals surface area contributed by atoms with Crippen molar-refractivity contribution in [2.75, 3.05) is 7.11 Å². The molecule has 0 aromatic heterocycles. The van der Waals surface area contributed by atoms with Gasteiger partial charge in [0.25, 0.3) is 0 Å². The van der Waals surface area contributed by atoms with E-state index in [0.717, 1.165) is 0 Å². The van der Waals surface area contributed by atoms with Crippen molar-refractivity contribution in [2.45, 2.75) is 37.5 Å². The number of ether oxygens (including phenoxy) is 1. The zero-order valence-corrected chi connectivity index (χ0v) is 10.6. The summed E-state index contributed by atoms with van der Waals surface area (Å²) in [4.78, 5) is 0. The van der Waals surface area contributed by atoms with E-state index >= 15 is 0 Å². The van der Waals surface area contributed by atoms with E-state index in [1.807, 2.05) is 0 Å². The predicted molar refractivity (Wildman–Crippen MR) is 62.5 cm³/mol. The molecule has 0 radical (unpaired) electrons. The highest BCUT2D eigenvalue weighted by molar-refractivity contribution is 5.32. The summed E-state index contributed by atoms with van der Waals surface area (Å²) in [6, 6.07) is 3.54. The van der Waals surface area contributed by atoms with Crippen LogP contribution in [-0.4, -0.2) is 18.8 Å². The van der Waals surface area contributed by atoms with Gasteiger partial charge in [0.05, 0.1) is 7.11 Å². The molecule has 1 fully saturated rings. The quantitative estimate of drug-likeness (QED) is 0.849. The van der Waals surface area contributed by atoms with E-state index in [0.29, 0.717) is 5.56 Å². The Morgan fingerprint density at radius 2 is 1.95 bits per heavy atom. The molecule has 0 saturated heterocycles. The minimum Gasteiger partial charge on any atom is -0.494 e. The van der Waals surface area contributed by atoms with Crippen molar-refractivity contribution in [3.8, 4) is 5.75 Å². The van der Waals surface area contributed by atoms with Gasteiger partial charge in [-0.25, -0.2) is 4.39 Å². The first-order valence-electron chi connectivity index (χ1n) is 5.97. The number of nitrogens with one attached hydrogen (secondary N) is 1. The Labute approximate surface area is 108 Å². The molecular weight excluding hydrogens is 262 g/mol. The van der Waals surface area contributed by atoms with Crippen LogP contribution in [-0.2, 0) is 0 Å². The van der Waals surface area contributed by atoms with Crippen LogP contribution in [0.3, 0.4) is 0 Å². The normalized spacial score (nSPS) is 19.1. The summed E-state index contributed by atoms with van der Waals surface area (Å²) in [7, 11) is 1.32. The maximum Gasteiger partial charge on any atom is 0.406 e. The highest BCUT2D eigenvalue weighted by Crippen LogP contribution is 2.50. The number of methoxy groups -OCH3 is 1. The zero-order chi connectivity index (χ0) is 14.3. The van der Waals surface area contributed by atoms with Crippen molar-refractivity contribution in [3.05, 3.63) is 29.6 Å². The van der Waals surface area contributed by atoms with Gasteiger partial charge >= 0.3 is 6.18 Å². The van der Waals surface area contributed by atoms with Gasteiger partial charge in [-0.05, 0) is 37.5 Å². The third-order valence-corrected chi connectivity index (χ3v) is 3.46. The molecule has 0 spiro atoms. The molecule has 1 aromatic rings. The Bertz CT molecular complexity index is 468. The van der Waals surface area contributed by atoms with Crippen molar-refractivity contribution in [2.24, 2.45) is 0 Å². The maximum atomic E-state index is 13.2. The fourth-order valence-corrected chi connectivity index (χ4v) is 2.08. The second kappa shape index (κ2) is 4.67. The Morgan fingerprint density at radius 3 is 2.42 bits per heavy atom. The number of hydrogen-bond acceptors (Lipinski definition) is 2. The zero-order valence-electron chi connectivity index (χ0n) is 10.6. The topological polar surface area (TPSA) is 21.3 Å². The van der Waals surface area contributed by atoms with E-state index in [1.165, 1.54) is 25.3 Å². The average molecular weight is 277 g/mol. The number of benzene rings is 1. The van der Waals surface area contributed by atoms with E-state index in [-0.39, 0.29) is 18.6 Å². The van der Waals surface area contributed by atoms with Gasteiger partial charge in [0, 0.05) is 6.04 Å². The molecule has 1 unspecified atom stereocenters. The number of alkyl halides is 3. The Morgan fingerprint density at radius 1 is 1.32 bits per heavy atom. The molecule has 2 nitrogen and oxygen atoms in total. The third kappa shape index (κ3) is 2.68. The van der Waals surface area contributed by atoms with Crippen molar-refractivity contribution in [1.29, 1.82) is 0 Å². The van der Waals surface area contributed by atoms with Crippen LogP contribution in [0.4, 0.5) is 17.6 Å². The van der Waals surface area contributed by atoms with E-state index in [9.17, 15) is 17.6 Å². The summed E-state index contributed by atoms with van der Waals surface area (Å²) in [6.07, 6.45) is -4.09. The van der Waals surface area contributed by atoms with Gasteiger partial charge in [-0.1, -0.05) is 6.07 Å². The third-order valence-electron chi connectivity index (χ3n) is 3.46. The fraction of sp³-hybridized carbons (Fsp3) is 0.538. The average Bonchev–Trinajstić information content (AvgIpc) is 3.10. The predicted octanol–water partition coefficient (Wildman–Crippen LogP) is 3.58. The van der Waals surface area contributed by atoms with Crippen LogP contribution in [0.1, 0.15) is 31.4 Å². The van der Waals surface area contributed by atoms with E-state index in [4.69, 9.17) is 4.74 Å². The number of rotatable bonds is 4. The number of hydrogen-bond donors (Lipinski definition) is 1. The molecule has 1 saturated carbocycles. The lowest BCUT2D eigenvalue weighted by atomic mass is 10.1. The molecule has 1 atom stereocenters. The van der Waals surface area contributed by atoms with Gasteiger partial charge in [0.2, 0.25) is 0 Å². The first-order valence-corrected chi connectivity index (χ1v) is 5.97. The van der Waals surface area contributed by atoms with Crippen molar-refractivity contribution in [3.63, 3.8) is 0 Å². The molecule has 2 rings (SSSR count). The minimum absolute atomic E-state index is 0.0306. The standard InChI is InChI=1S/C13H15F4NO/c1-8(18-12(5-6-12)13(15,16)17)9-3-4-10(14)11(7-9)19-2/h3-4,7-8,18H,5-6H2,1-2H3. The summed E-state index contributed by atoms with van der Waals surface area (Å²) in [5, 5.41) is 2.59. The van der Waals surface area contributed by atoms with Crippen molar-refractivity contribution < 1.29 is 22.3 Å². The highest BCUT2D eigenvalue weighted by Gasteiger charge is 2.63. The lowest BCUT2D eigenvalue weighted by Crippen LogP contribution is -2.45. The summed E-state index contributed by atoms with van der Waals surface area (Å²) in [5.41, 5.74) is -1.22. The Kier molecular flexibility index (Phi) is 3.47. The second-order valence-corrected chi connectivity index (χ2v) is 4.84. The van der Waals surface area contributed by atoms with Crippen LogP contribution in [0, 0.1) is 5.82 Å². The van der Waals surface area contributed by atoms with Gasteiger partial charge in [-0.15, -0.1) is 0 Å². The van der Waals surface area contributed by atoms with Crippen LogP contribution in [0.25, 0.3) is 0 Å². The Balaban J connectivity index is 2.15. The van der Waals surface area contributed by atoms with E-state index < -0.39 is 23.6 Å². The summed E-state index contributed by atoms with van der Waals surface area (Å²) < 4.78 is 56.6. The molecule has 1 aliphatic rings. The molecular formula is C13H15F4NO. The van der Waals surface area contributed by atoms with Crippen LogP contribution in [0.2, 0.25) is 0 Å². The van der Waals surface area contributed by atoms with Crippen LogP contribution in [0.15, 0.2) is 18.2 Å². The molecule has 0 aliphatic heterocycles. The summed E-state index contributed by atoms with van der Waals surface area (Å²) in [5.74, 6) is -0.501.